The van der Waals surface area contributed by atoms with Crippen molar-refractivity contribution in [3.63, 3.8) is 0 Å². The lowest BCUT2D eigenvalue weighted by molar-refractivity contribution is 0.111. The van der Waals surface area contributed by atoms with Crippen molar-refractivity contribution >= 4 is 23.5 Å². The number of halogens is 1. The van der Waals surface area contributed by atoms with Gasteiger partial charge in [-0.25, -0.2) is 0 Å². The molecule has 0 saturated carbocycles. The van der Waals surface area contributed by atoms with Crippen LogP contribution in [0.1, 0.15) is 40.9 Å². The zero-order valence-electron chi connectivity index (χ0n) is 19.6. The molecule has 1 heterocycles. The standard InChI is InChI=1S/C29H25ClN2O3/c1-29(2)24(9-6-10-25(29)22-7-4-3-5-8-22)19-35-28-13-27(23(17-33)12-26(28)30)34-18-21-11-20(14-31)15-32-16-21/h3-13,15-17,24H,18-19H2,1-2H3. The van der Waals surface area contributed by atoms with E-state index in [1.807, 2.05) is 18.2 Å². The van der Waals surface area contributed by atoms with Crippen LogP contribution in [0.15, 0.2) is 79.2 Å². The summed E-state index contributed by atoms with van der Waals surface area (Å²) in [5, 5.41) is 9.40. The van der Waals surface area contributed by atoms with Crippen molar-refractivity contribution in [3.05, 3.63) is 106 Å². The summed E-state index contributed by atoms with van der Waals surface area (Å²) in [6, 6.07) is 17.2. The Hall–Kier alpha value is -3.88. The van der Waals surface area contributed by atoms with Crippen LogP contribution in [0.2, 0.25) is 5.02 Å². The second-order valence-electron chi connectivity index (χ2n) is 8.89. The molecule has 0 amide bonds. The summed E-state index contributed by atoms with van der Waals surface area (Å²) >= 11 is 6.44. The SMILES string of the molecule is CC1(C)C(c2ccccc2)=CC=CC1COc1cc(OCc2cncc(C#N)c2)c(C=O)cc1Cl. The maximum absolute atomic E-state index is 11.6. The highest BCUT2D eigenvalue weighted by molar-refractivity contribution is 6.32. The molecule has 0 aliphatic heterocycles. The van der Waals surface area contributed by atoms with E-state index in [2.05, 4.69) is 55.3 Å². The van der Waals surface area contributed by atoms with Crippen LogP contribution in [-0.4, -0.2) is 17.9 Å². The van der Waals surface area contributed by atoms with Gasteiger partial charge in [0.15, 0.2) is 6.29 Å². The highest BCUT2D eigenvalue weighted by Crippen LogP contribution is 2.44. The average molecular weight is 485 g/mol. The van der Waals surface area contributed by atoms with Crippen LogP contribution in [0.4, 0.5) is 0 Å². The minimum Gasteiger partial charge on any atom is -0.491 e. The fourth-order valence-corrected chi connectivity index (χ4v) is 4.36. The third-order valence-electron chi connectivity index (χ3n) is 6.24. The summed E-state index contributed by atoms with van der Waals surface area (Å²) in [4.78, 5) is 15.6. The number of carbonyl (C=O) groups is 1. The van der Waals surface area contributed by atoms with Crippen molar-refractivity contribution in [3.8, 4) is 17.6 Å². The number of pyridine rings is 1. The molecule has 6 heteroatoms. The van der Waals surface area contributed by atoms with Crippen molar-refractivity contribution in [1.29, 1.82) is 5.26 Å². The fourth-order valence-electron chi connectivity index (χ4n) is 4.14. The normalized spacial score (nSPS) is 16.2. The van der Waals surface area contributed by atoms with E-state index in [9.17, 15) is 4.79 Å². The van der Waals surface area contributed by atoms with Crippen LogP contribution < -0.4 is 9.47 Å². The molecule has 1 unspecified atom stereocenters. The first-order valence-electron chi connectivity index (χ1n) is 11.2. The third-order valence-corrected chi connectivity index (χ3v) is 6.54. The predicted molar refractivity (Wildman–Crippen MR) is 136 cm³/mol. The summed E-state index contributed by atoms with van der Waals surface area (Å²) in [5.74, 6) is 0.898. The Morgan fingerprint density at radius 2 is 1.91 bits per heavy atom. The topological polar surface area (TPSA) is 72.2 Å². The average Bonchev–Trinajstić information content (AvgIpc) is 2.88. The second kappa shape index (κ2) is 10.6. The van der Waals surface area contributed by atoms with Gasteiger partial charge in [0.2, 0.25) is 0 Å². The van der Waals surface area contributed by atoms with E-state index < -0.39 is 0 Å². The van der Waals surface area contributed by atoms with Gasteiger partial charge in [-0.1, -0.05) is 74.0 Å². The molecule has 0 fully saturated rings. The fraction of sp³-hybridized carbons (Fsp3) is 0.207. The summed E-state index contributed by atoms with van der Waals surface area (Å²) in [6.07, 6.45) is 10.2. The van der Waals surface area contributed by atoms with Crippen molar-refractivity contribution < 1.29 is 14.3 Å². The molecule has 176 valence electrons. The molecule has 2 aromatic carbocycles. The number of allylic oxidation sites excluding steroid dienone is 3. The van der Waals surface area contributed by atoms with E-state index >= 15 is 0 Å². The molecule has 4 rings (SSSR count). The van der Waals surface area contributed by atoms with Crippen LogP contribution in [0.25, 0.3) is 5.57 Å². The number of aromatic nitrogens is 1. The molecule has 0 bridgehead atoms. The van der Waals surface area contributed by atoms with Crippen LogP contribution in [0.3, 0.4) is 0 Å². The van der Waals surface area contributed by atoms with E-state index in [0.717, 1.165) is 0 Å². The summed E-state index contributed by atoms with van der Waals surface area (Å²) in [6.45, 7) is 4.96. The Balaban J connectivity index is 1.50. The number of hydrogen-bond donors (Lipinski definition) is 0. The molecule has 1 atom stereocenters. The lowest BCUT2D eigenvalue weighted by Gasteiger charge is -2.37. The zero-order chi connectivity index (χ0) is 24.8. The summed E-state index contributed by atoms with van der Waals surface area (Å²) in [7, 11) is 0. The Morgan fingerprint density at radius 3 is 2.66 bits per heavy atom. The van der Waals surface area contributed by atoms with E-state index in [0.29, 0.717) is 46.1 Å². The largest absolute Gasteiger partial charge is 0.491 e. The van der Waals surface area contributed by atoms with Gasteiger partial charge in [0.25, 0.3) is 0 Å². The first kappa shape index (κ1) is 24.3. The van der Waals surface area contributed by atoms with Gasteiger partial charge in [-0.2, -0.15) is 5.26 Å². The van der Waals surface area contributed by atoms with E-state index in [1.165, 1.54) is 17.3 Å². The minimum absolute atomic E-state index is 0.105. The van der Waals surface area contributed by atoms with Gasteiger partial charge in [0, 0.05) is 29.9 Å². The molecule has 0 radical (unpaired) electrons. The van der Waals surface area contributed by atoms with Crippen molar-refractivity contribution in [2.75, 3.05) is 6.61 Å². The summed E-state index contributed by atoms with van der Waals surface area (Å²) < 4.78 is 12.0. The highest BCUT2D eigenvalue weighted by atomic mass is 35.5. The minimum atomic E-state index is -0.163. The Labute approximate surface area is 210 Å². The van der Waals surface area contributed by atoms with E-state index in [4.69, 9.17) is 26.3 Å². The van der Waals surface area contributed by atoms with Gasteiger partial charge in [0.1, 0.15) is 24.2 Å². The molecule has 1 aliphatic rings. The zero-order valence-corrected chi connectivity index (χ0v) is 20.3. The number of benzene rings is 2. The molecule has 0 saturated heterocycles. The number of nitriles is 1. The van der Waals surface area contributed by atoms with Crippen molar-refractivity contribution in [2.24, 2.45) is 11.3 Å². The lowest BCUT2D eigenvalue weighted by atomic mass is 9.68. The quantitative estimate of drug-likeness (QED) is 0.334. The Kier molecular flexibility index (Phi) is 7.33. The highest BCUT2D eigenvalue weighted by Gasteiger charge is 2.34. The molecule has 1 aliphatic carbocycles. The van der Waals surface area contributed by atoms with Gasteiger partial charge in [-0.15, -0.1) is 0 Å². The van der Waals surface area contributed by atoms with Crippen LogP contribution >= 0.6 is 11.6 Å². The lowest BCUT2D eigenvalue weighted by Crippen LogP contribution is -2.30. The molecule has 1 aromatic heterocycles. The molecular weight excluding hydrogens is 460 g/mol. The number of hydrogen-bond acceptors (Lipinski definition) is 5. The Bertz CT molecular complexity index is 1320. The maximum atomic E-state index is 11.6. The first-order chi connectivity index (χ1) is 16.9. The number of nitrogens with zero attached hydrogens (tertiary/aromatic N) is 2. The second-order valence-corrected chi connectivity index (χ2v) is 9.30. The van der Waals surface area contributed by atoms with Gasteiger partial charge in [-0.05, 0) is 28.7 Å². The smallest absolute Gasteiger partial charge is 0.153 e. The van der Waals surface area contributed by atoms with Gasteiger partial charge >= 0.3 is 0 Å². The van der Waals surface area contributed by atoms with Gasteiger partial charge in [0.05, 0.1) is 22.8 Å². The van der Waals surface area contributed by atoms with E-state index in [1.54, 1.807) is 24.4 Å². The molecule has 0 spiro atoms. The van der Waals surface area contributed by atoms with Gasteiger partial charge < -0.3 is 9.47 Å². The molecule has 35 heavy (non-hydrogen) atoms. The predicted octanol–water partition coefficient (Wildman–Crippen LogP) is 6.67. The molecule has 0 N–H and O–H groups in total. The molecular formula is C29H25ClN2O3. The molecule has 5 nitrogen and oxygen atoms in total. The van der Waals surface area contributed by atoms with Crippen molar-refractivity contribution in [2.45, 2.75) is 20.5 Å². The maximum Gasteiger partial charge on any atom is 0.153 e. The number of ether oxygens (including phenoxy) is 2. The van der Waals surface area contributed by atoms with Crippen LogP contribution in [-0.2, 0) is 6.61 Å². The van der Waals surface area contributed by atoms with Crippen LogP contribution in [0.5, 0.6) is 11.5 Å². The monoisotopic (exact) mass is 484 g/mol. The van der Waals surface area contributed by atoms with Gasteiger partial charge in [-0.3, -0.25) is 9.78 Å². The molecule has 3 aromatic rings. The van der Waals surface area contributed by atoms with Crippen molar-refractivity contribution in [1.82, 2.24) is 4.98 Å². The number of aldehydes is 1. The summed E-state index contributed by atoms with van der Waals surface area (Å²) in [5.41, 5.74) is 3.74. The number of carbonyl (C=O) groups excluding carboxylic acids is 1. The number of rotatable bonds is 8. The van der Waals surface area contributed by atoms with E-state index in [-0.39, 0.29) is 17.9 Å². The Morgan fingerprint density at radius 1 is 1.11 bits per heavy atom. The third kappa shape index (κ3) is 5.45. The van der Waals surface area contributed by atoms with Crippen LogP contribution in [0, 0.1) is 22.7 Å². The first-order valence-corrected chi connectivity index (χ1v) is 11.6.